The molecule has 486 valence electrons. The fraction of sp³-hybridized carbons (Fsp3) is 0.857. The molecule has 1 atom stereocenters. The van der Waals surface area contributed by atoms with Gasteiger partial charge in [0.1, 0.15) is 13.2 Å². The number of allylic oxidation sites excluding steroid dienone is 8. The van der Waals surface area contributed by atoms with Gasteiger partial charge in [0.15, 0.2) is 6.10 Å². The lowest BCUT2D eigenvalue weighted by Gasteiger charge is -2.18. The summed E-state index contributed by atoms with van der Waals surface area (Å²) in [7, 11) is 0. The second-order valence-electron chi connectivity index (χ2n) is 25.2. The molecule has 0 aliphatic carbocycles. The van der Waals surface area contributed by atoms with E-state index in [-0.39, 0.29) is 31.1 Å². The summed E-state index contributed by atoms with van der Waals surface area (Å²) in [5, 5.41) is 0. The molecule has 0 radical (unpaired) electrons. The minimum absolute atomic E-state index is 0.0793. The number of carbonyl (C=O) groups is 3. The Balaban J connectivity index is 4.16. The van der Waals surface area contributed by atoms with Gasteiger partial charge in [-0.15, -0.1) is 0 Å². The minimum atomic E-state index is -0.786. The number of unbranched alkanes of at least 4 members (excludes halogenated alkanes) is 50. The largest absolute Gasteiger partial charge is 0.462 e. The van der Waals surface area contributed by atoms with Crippen molar-refractivity contribution in [3.8, 4) is 0 Å². The quantitative estimate of drug-likeness (QED) is 0.0261. The Morgan fingerprint density at radius 1 is 0.253 bits per heavy atom. The van der Waals surface area contributed by atoms with Crippen LogP contribution in [0.25, 0.3) is 0 Å². The van der Waals surface area contributed by atoms with Gasteiger partial charge in [-0.1, -0.05) is 358 Å². The predicted octanol–water partition coefficient (Wildman–Crippen LogP) is 25.7. The first-order chi connectivity index (χ1) is 41.0. The van der Waals surface area contributed by atoms with E-state index in [1.54, 1.807) is 0 Å². The Labute approximate surface area is 518 Å². The summed E-state index contributed by atoms with van der Waals surface area (Å²) in [6.45, 7) is 6.57. The number of esters is 3. The summed E-state index contributed by atoms with van der Waals surface area (Å²) in [5.74, 6) is -0.886. The molecule has 0 aromatic carbocycles. The maximum atomic E-state index is 13.0. The third-order valence-electron chi connectivity index (χ3n) is 16.8. The van der Waals surface area contributed by atoms with E-state index in [1.807, 2.05) is 0 Å². The van der Waals surface area contributed by atoms with Crippen molar-refractivity contribution >= 4 is 17.9 Å². The molecule has 0 aliphatic heterocycles. The molecule has 0 fully saturated rings. The summed E-state index contributed by atoms with van der Waals surface area (Å²) in [4.78, 5) is 38.4. The number of carbonyl (C=O) groups excluding carboxylic acids is 3. The van der Waals surface area contributed by atoms with Crippen molar-refractivity contribution in [2.24, 2.45) is 0 Å². The van der Waals surface area contributed by atoms with E-state index in [9.17, 15) is 14.4 Å². The highest BCUT2D eigenvalue weighted by atomic mass is 16.6. The maximum Gasteiger partial charge on any atom is 0.306 e. The average molecular weight is 1160 g/mol. The van der Waals surface area contributed by atoms with Crippen LogP contribution in [-0.2, 0) is 28.6 Å². The van der Waals surface area contributed by atoms with Crippen LogP contribution in [-0.4, -0.2) is 37.2 Å². The number of hydrogen-bond acceptors (Lipinski definition) is 6. The lowest BCUT2D eigenvalue weighted by atomic mass is 10.0. The molecule has 0 spiro atoms. The Morgan fingerprint density at radius 2 is 0.470 bits per heavy atom. The molecule has 0 bridgehead atoms. The van der Waals surface area contributed by atoms with Gasteiger partial charge in [-0.2, -0.15) is 0 Å². The molecule has 0 saturated carbocycles. The minimum Gasteiger partial charge on any atom is -0.462 e. The number of ether oxygens (including phenoxy) is 3. The first kappa shape index (κ1) is 80.4. The first-order valence-electron chi connectivity index (χ1n) is 37.1. The molecule has 0 heterocycles. The van der Waals surface area contributed by atoms with E-state index in [1.165, 1.54) is 283 Å². The Hall–Kier alpha value is -2.63. The summed E-state index contributed by atoms with van der Waals surface area (Å²) in [6.07, 6.45) is 91.8. The van der Waals surface area contributed by atoms with Crippen molar-refractivity contribution in [1.29, 1.82) is 0 Å². The third kappa shape index (κ3) is 70.0. The van der Waals surface area contributed by atoms with Gasteiger partial charge in [0.2, 0.25) is 0 Å². The van der Waals surface area contributed by atoms with Crippen LogP contribution in [0.15, 0.2) is 48.6 Å². The molecule has 6 heteroatoms. The maximum absolute atomic E-state index is 13.0. The standard InChI is InChI=1S/C77H142O6/c1-4-7-10-13-16-19-22-25-27-29-31-33-34-35-36-37-38-39-40-41-42-44-45-47-49-52-55-58-61-64-67-70-76(79)82-73-74(72-81-75(78)69-66-63-60-57-54-51-24-21-18-15-12-9-6-3)83-77(80)71-68-65-62-59-56-53-50-48-46-43-32-30-28-26-23-20-17-14-11-8-5-2/h9,12,18,21,30,32,51,54,74H,4-8,10-11,13-17,19-20,22-29,31,33-50,52-53,55-73H2,1-3H3/b12-9-,21-18-,32-30-,54-51-. The van der Waals surface area contributed by atoms with Crippen LogP contribution in [0.5, 0.6) is 0 Å². The molecule has 1 unspecified atom stereocenters. The van der Waals surface area contributed by atoms with E-state index in [0.717, 1.165) is 83.5 Å². The topological polar surface area (TPSA) is 78.9 Å². The summed E-state index contributed by atoms with van der Waals surface area (Å²) in [5.41, 5.74) is 0. The molecule has 0 aliphatic rings. The van der Waals surface area contributed by atoms with Gasteiger partial charge in [-0.3, -0.25) is 14.4 Å². The van der Waals surface area contributed by atoms with Crippen molar-refractivity contribution in [2.45, 2.75) is 412 Å². The molecule has 83 heavy (non-hydrogen) atoms. The van der Waals surface area contributed by atoms with Gasteiger partial charge in [0.25, 0.3) is 0 Å². The summed E-state index contributed by atoms with van der Waals surface area (Å²) in [6, 6.07) is 0. The molecule has 0 aromatic rings. The van der Waals surface area contributed by atoms with Crippen molar-refractivity contribution in [3.63, 3.8) is 0 Å². The zero-order valence-electron chi connectivity index (χ0n) is 56.0. The monoisotopic (exact) mass is 1160 g/mol. The van der Waals surface area contributed by atoms with E-state index < -0.39 is 6.10 Å². The highest BCUT2D eigenvalue weighted by molar-refractivity contribution is 5.71. The fourth-order valence-electron chi connectivity index (χ4n) is 11.3. The fourth-order valence-corrected chi connectivity index (χ4v) is 11.3. The number of rotatable bonds is 69. The van der Waals surface area contributed by atoms with E-state index >= 15 is 0 Å². The van der Waals surface area contributed by atoms with Gasteiger partial charge >= 0.3 is 17.9 Å². The SMILES string of the molecule is CC/C=C\C/C=C\C/C=C\CCCCCC(=O)OCC(COC(=O)CCCCCCCCCCCCCCCCCCCCCCCCCCCCCCCCC)OC(=O)CCCCCCCCCCC/C=C\CCCCCCCCCC. The summed E-state index contributed by atoms with van der Waals surface area (Å²) >= 11 is 0. The van der Waals surface area contributed by atoms with Gasteiger partial charge in [-0.05, 0) is 77.0 Å². The number of hydrogen-bond donors (Lipinski definition) is 0. The van der Waals surface area contributed by atoms with Crippen molar-refractivity contribution in [2.75, 3.05) is 13.2 Å². The Kier molecular flexibility index (Phi) is 69.6. The molecule has 0 saturated heterocycles. The highest BCUT2D eigenvalue weighted by Crippen LogP contribution is 2.19. The van der Waals surface area contributed by atoms with E-state index in [4.69, 9.17) is 14.2 Å². The van der Waals surface area contributed by atoms with Crippen LogP contribution in [0.3, 0.4) is 0 Å². The zero-order chi connectivity index (χ0) is 59.9. The van der Waals surface area contributed by atoms with Gasteiger partial charge in [-0.25, -0.2) is 0 Å². The van der Waals surface area contributed by atoms with Crippen LogP contribution >= 0.6 is 0 Å². The Morgan fingerprint density at radius 3 is 0.759 bits per heavy atom. The molecule has 6 nitrogen and oxygen atoms in total. The average Bonchev–Trinajstić information content (AvgIpc) is 3.49. The summed E-state index contributed by atoms with van der Waals surface area (Å²) < 4.78 is 17.0. The second kappa shape index (κ2) is 71.8. The Bertz CT molecular complexity index is 1430. The lowest BCUT2D eigenvalue weighted by molar-refractivity contribution is -0.167. The predicted molar refractivity (Wildman–Crippen MR) is 362 cm³/mol. The zero-order valence-corrected chi connectivity index (χ0v) is 56.0. The third-order valence-corrected chi connectivity index (χ3v) is 16.8. The molecule has 0 rings (SSSR count). The molecule has 0 N–H and O–H groups in total. The van der Waals surface area contributed by atoms with Crippen LogP contribution in [0, 0.1) is 0 Å². The van der Waals surface area contributed by atoms with Crippen molar-refractivity contribution in [1.82, 2.24) is 0 Å². The van der Waals surface area contributed by atoms with Gasteiger partial charge in [0, 0.05) is 19.3 Å². The van der Waals surface area contributed by atoms with Crippen molar-refractivity contribution < 1.29 is 28.6 Å². The van der Waals surface area contributed by atoms with E-state index in [0.29, 0.717) is 19.3 Å². The smallest absolute Gasteiger partial charge is 0.306 e. The highest BCUT2D eigenvalue weighted by Gasteiger charge is 2.19. The van der Waals surface area contributed by atoms with Crippen LogP contribution < -0.4 is 0 Å². The van der Waals surface area contributed by atoms with Crippen molar-refractivity contribution in [3.05, 3.63) is 48.6 Å². The van der Waals surface area contributed by atoms with Crippen LogP contribution in [0.4, 0.5) is 0 Å². The van der Waals surface area contributed by atoms with Crippen LogP contribution in [0.2, 0.25) is 0 Å². The second-order valence-corrected chi connectivity index (χ2v) is 25.2. The van der Waals surface area contributed by atoms with Gasteiger partial charge in [0.05, 0.1) is 0 Å². The van der Waals surface area contributed by atoms with E-state index in [2.05, 4.69) is 69.4 Å². The molecular formula is C77H142O6. The molecular weight excluding hydrogens is 1020 g/mol. The lowest BCUT2D eigenvalue weighted by Crippen LogP contribution is -2.30. The van der Waals surface area contributed by atoms with Crippen LogP contribution in [0.1, 0.15) is 406 Å². The normalized spacial score (nSPS) is 12.3. The molecule has 0 amide bonds. The first-order valence-corrected chi connectivity index (χ1v) is 37.1. The van der Waals surface area contributed by atoms with Gasteiger partial charge < -0.3 is 14.2 Å². The molecule has 0 aromatic heterocycles.